The number of pyridine rings is 2. The molecule has 250 valence electrons. The Kier molecular flexibility index (Phi) is 8.64. The van der Waals surface area contributed by atoms with E-state index in [2.05, 4.69) is 49.4 Å². The number of hydrogen-bond donors (Lipinski definition) is 3. The van der Waals surface area contributed by atoms with E-state index >= 15 is 0 Å². The average molecular weight is 661 g/mol. The van der Waals surface area contributed by atoms with Gasteiger partial charge in [-0.1, -0.05) is 45.0 Å². The number of nitrogens with one attached hydrogen (secondary N) is 3. The van der Waals surface area contributed by atoms with Gasteiger partial charge in [-0.3, -0.25) is 14.0 Å². The summed E-state index contributed by atoms with van der Waals surface area (Å²) in [5.41, 5.74) is 3.33. The quantitative estimate of drug-likeness (QED) is 0.212. The summed E-state index contributed by atoms with van der Waals surface area (Å²) < 4.78 is 35.7. The number of hydrogen-bond acceptors (Lipinski definition) is 8. The molecule has 2 amide bonds. The minimum Gasteiger partial charge on any atom is -0.484 e. The maximum Gasteiger partial charge on any atom is 0.319 e. The lowest BCUT2D eigenvalue weighted by atomic mass is 9.85. The number of sulfonamides is 1. The predicted octanol–water partition coefficient (Wildman–Crippen LogP) is 5.90. The molecule has 47 heavy (non-hydrogen) atoms. The third-order valence-electron chi connectivity index (χ3n) is 9.37. The van der Waals surface area contributed by atoms with E-state index < -0.39 is 16.1 Å². The molecule has 2 aliphatic rings. The molecular formula is C34H44N8O4S. The zero-order valence-electron chi connectivity index (χ0n) is 27.9. The number of carbonyl (C=O) groups excluding carboxylic acids is 1. The highest BCUT2D eigenvalue weighted by atomic mass is 32.2. The van der Waals surface area contributed by atoms with Crippen LogP contribution in [0.2, 0.25) is 0 Å². The molecule has 4 aromatic rings. The first-order chi connectivity index (χ1) is 22.3. The fourth-order valence-corrected chi connectivity index (χ4v) is 7.04. The van der Waals surface area contributed by atoms with Crippen LogP contribution < -0.4 is 20.1 Å². The van der Waals surface area contributed by atoms with Crippen LogP contribution in [0.4, 0.5) is 16.3 Å². The van der Waals surface area contributed by atoms with Crippen LogP contribution in [0.25, 0.3) is 5.65 Å². The van der Waals surface area contributed by atoms with Crippen molar-refractivity contribution in [2.24, 2.45) is 0 Å². The number of carbonyl (C=O) groups is 1. The molecule has 12 nitrogen and oxygen atoms in total. The van der Waals surface area contributed by atoms with Crippen molar-refractivity contribution in [2.45, 2.75) is 83.4 Å². The van der Waals surface area contributed by atoms with Gasteiger partial charge >= 0.3 is 6.03 Å². The molecule has 1 fully saturated rings. The maximum absolute atomic E-state index is 13.3. The molecule has 1 unspecified atom stereocenters. The standard InChI is InChI=1S/C34H44N8O4S/c1-7-47(44,45)40-29-20-22(19-28(37-29)33(2,3)4)35-32(43)36-26-14-15-27(25-12-9-8-11-24(25)26)46-23-13-16-30-38-39-31(42(30)21-23)34(5)17-10-18-41(34)6/h8-9,11-13,16,19-21,26-27H,7,10,14-15,17-18H2,1-6H3,(H3,35,36,37,40,43)/t26-,27+,34?/m0/s1. The predicted molar refractivity (Wildman–Crippen MR) is 182 cm³/mol. The summed E-state index contributed by atoms with van der Waals surface area (Å²) in [7, 11) is -1.41. The molecule has 0 bridgehead atoms. The Morgan fingerprint density at radius 2 is 1.85 bits per heavy atom. The van der Waals surface area contributed by atoms with Crippen LogP contribution in [-0.2, 0) is 21.0 Å². The number of nitrogens with zero attached hydrogens (tertiary/aromatic N) is 5. The summed E-state index contributed by atoms with van der Waals surface area (Å²) in [6.07, 6.45) is 5.29. The third-order valence-corrected chi connectivity index (χ3v) is 10.6. The second-order valence-corrected chi connectivity index (χ2v) is 15.8. The SMILES string of the molecule is CCS(=O)(=O)Nc1cc(NC(=O)N[C@H]2CC[C@@H](Oc3ccc4nnc(C5(C)CCCN5C)n4c3)c3ccccc32)cc(C(C)(C)C)n1. The molecule has 0 spiro atoms. The van der Waals surface area contributed by atoms with Crippen molar-refractivity contribution < 1.29 is 17.9 Å². The topological polar surface area (TPSA) is 143 Å². The second kappa shape index (κ2) is 12.4. The molecular weight excluding hydrogens is 616 g/mol. The summed E-state index contributed by atoms with van der Waals surface area (Å²) in [4.78, 5) is 20.2. The lowest BCUT2D eigenvalue weighted by Gasteiger charge is -2.32. The Labute approximate surface area is 276 Å². The van der Waals surface area contributed by atoms with Gasteiger partial charge in [-0.15, -0.1) is 10.2 Å². The van der Waals surface area contributed by atoms with Gasteiger partial charge in [0.15, 0.2) is 11.5 Å². The van der Waals surface area contributed by atoms with Crippen LogP contribution in [0, 0.1) is 0 Å². The number of anilines is 2. The molecule has 1 aromatic carbocycles. The first-order valence-electron chi connectivity index (χ1n) is 16.2. The molecule has 1 aliphatic carbocycles. The summed E-state index contributed by atoms with van der Waals surface area (Å²) >= 11 is 0. The highest BCUT2D eigenvalue weighted by molar-refractivity contribution is 7.92. The fraction of sp³-hybridized carbons (Fsp3) is 0.471. The Hall–Kier alpha value is -4.23. The van der Waals surface area contributed by atoms with Gasteiger partial charge in [0.25, 0.3) is 0 Å². The summed E-state index contributed by atoms with van der Waals surface area (Å²) in [5.74, 6) is 1.72. The van der Waals surface area contributed by atoms with Crippen LogP contribution in [0.15, 0.2) is 54.7 Å². The van der Waals surface area contributed by atoms with Gasteiger partial charge in [0.2, 0.25) is 10.0 Å². The summed E-state index contributed by atoms with van der Waals surface area (Å²) in [6.45, 7) is 10.7. The molecule has 3 aromatic heterocycles. The van der Waals surface area contributed by atoms with E-state index in [-0.39, 0.29) is 34.7 Å². The van der Waals surface area contributed by atoms with E-state index in [0.717, 1.165) is 47.7 Å². The molecule has 3 atom stereocenters. The van der Waals surface area contributed by atoms with Crippen LogP contribution in [-0.4, -0.2) is 58.3 Å². The molecule has 3 N–H and O–H groups in total. The van der Waals surface area contributed by atoms with E-state index in [4.69, 9.17) is 4.74 Å². The van der Waals surface area contributed by atoms with Crippen molar-refractivity contribution in [3.05, 3.63) is 77.4 Å². The van der Waals surface area contributed by atoms with Gasteiger partial charge in [-0.2, -0.15) is 0 Å². The first kappa shape index (κ1) is 32.7. The van der Waals surface area contributed by atoms with Gasteiger partial charge < -0.3 is 15.4 Å². The molecule has 0 radical (unpaired) electrons. The summed E-state index contributed by atoms with van der Waals surface area (Å²) in [5, 5.41) is 15.0. The molecule has 4 heterocycles. The van der Waals surface area contributed by atoms with Crippen molar-refractivity contribution >= 4 is 33.2 Å². The largest absolute Gasteiger partial charge is 0.484 e. The number of urea groups is 1. The lowest BCUT2D eigenvalue weighted by Crippen LogP contribution is -2.37. The number of rotatable bonds is 8. The minimum absolute atomic E-state index is 0.0864. The van der Waals surface area contributed by atoms with Crippen molar-refractivity contribution in [1.29, 1.82) is 0 Å². The van der Waals surface area contributed by atoms with E-state index in [9.17, 15) is 13.2 Å². The Bertz CT molecular complexity index is 1900. The smallest absolute Gasteiger partial charge is 0.319 e. The van der Waals surface area contributed by atoms with E-state index in [1.807, 2.05) is 67.8 Å². The van der Waals surface area contributed by atoms with Crippen LogP contribution in [0.5, 0.6) is 5.75 Å². The second-order valence-electron chi connectivity index (χ2n) is 13.8. The number of amides is 2. The molecule has 1 aliphatic heterocycles. The Morgan fingerprint density at radius 1 is 1.09 bits per heavy atom. The fourth-order valence-electron chi connectivity index (χ4n) is 6.47. The molecule has 6 rings (SSSR count). The monoisotopic (exact) mass is 660 g/mol. The van der Waals surface area contributed by atoms with Gasteiger partial charge in [0.05, 0.1) is 29.2 Å². The highest BCUT2D eigenvalue weighted by Crippen LogP contribution is 2.40. The lowest BCUT2D eigenvalue weighted by molar-refractivity contribution is 0.170. The zero-order chi connectivity index (χ0) is 33.6. The zero-order valence-corrected chi connectivity index (χ0v) is 28.7. The maximum atomic E-state index is 13.3. The van der Waals surface area contributed by atoms with Crippen LogP contribution >= 0.6 is 0 Å². The molecule has 13 heteroatoms. The number of ether oxygens (including phenoxy) is 1. The van der Waals surface area contributed by atoms with E-state index in [1.54, 1.807) is 13.0 Å². The van der Waals surface area contributed by atoms with Crippen molar-refractivity contribution in [1.82, 2.24) is 29.8 Å². The average Bonchev–Trinajstić information content (AvgIpc) is 3.60. The van der Waals surface area contributed by atoms with Crippen LogP contribution in [0.1, 0.15) is 95.1 Å². The van der Waals surface area contributed by atoms with Crippen molar-refractivity contribution in [3.63, 3.8) is 0 Å². The number of likely N-dealkylation sites (tertiary alicyclic amines) is 1. The third kappa shape index (κ3) is 6.77. The van der Waals surface area contributed by atoms with Gasteiger partial charge in [0, 0.05) is 17.2 Å². The first-order valence-corrected chi connectivity index (χ1v) is 17.8. The molecule has 1 saturated heterocycles. The van der Waals surface area contributed by atoms with Crippen molar-refractivity contribution in [2.75, 3.05) is 29.4 Å². The Morgan fingerprint density at radius 3 is 2.55 bits per heavy atom. The molecule has 0 saturated carbocycles. The minimum atomic E-state index is -3.55. The van der Waals surface area contributed by atoms with Gasteiger partial charge in [0.1, 0.15) is 17.7 Å². The van der Waals surface area contributed by atoms with Gasteiger partial charge in [-0.25, -0.2) is 18.2 Å². The summed E-state index contributed by atoms with van der Waals surface area (Å²) in [6, 6.07) is 14.6. The number of fused-ring (bicyclic) bond motifs is 2. The normalized spacial score (nSPS) is 21.7. The van der Waals surface area contributed by atoms with E-state index in [0.29, 0.717) is 24.2 Å². The van der Waals surface area contributed by atoms with Crippen LogP contribution in [0.3, 0.4) is 0 Å². The van der Waals surface area contributed by atoms with Crippen molar-refractivity contribution in [3.8, 4) is 5.75 Å². The highest BCUT2D eigenvalue weighted by Gasteiger charge is 2.40. The van der Waals surface area contributed by atoms with E-state index in [1.165, 1.54) is 6.07 Å². The number of aromatic nitrogens is 4. The number of benzene rings is 1. The Balaban J connectivity index is 1.19. The van der Waals surface area contributed by atoms with Gasteiger partial charge in [-0.05, 0) is 82.4 Å².